The first-order chi connectivity index (χ1) is 18.2. The lowest BCUT2D eigenvalue weighted by molar-refractivity contribution is -0.121. The lowest BCUT2D eigenvalue weighted by Crippen LogP contribution is -2.34. The van der Waals surface area contributed by atoms with E-state index in [2.05, 4.69) is 40.5 Å². The van der Waals surface area contributed by atoms with E-state index in [1.807, 2.05) is 79.0 Å². The standard InChI is InChI=1S/C31H30N4OS/c1-23(25-13-6-3-7-14-25)32-29(36)19-21-35(20-18-24-11-4-2-5-12-24)31-26-15-8-9-16-27(26)33-30(34-31)28-17-10-22-37-28/h2-17,22-23H,18-21H2,1H3,(H,32,36)/t23-/m1/s1. The van der Waals surface area contributed by atoms with E-state index >= 15 is 0 Å². The van der Waals surface area contributed by atoms with Gasteiger partial charge in [-0.05, 0) is 48.1 Å². The normalized spacial score (nSPS) is 11.8. The number of hydrogen-bond donors (Lipinski definition) is 1. The maximum absolute atomic E-state index is 13.0. The van der Waals surface area contributed by atoms with Crippen molar-refractivity contribution >= 4 is 34.0 Å². The molecule has 0 aliphatic carbocycles. The predicted molar refractivity (Wildman–Crippen MR) is 153 cm³/mol. The van der Waals surface area contributed by atoms with Gasteiger partial charge in [-0.2, -0.15) is 0 Å². The summed E-state index contributed by atoms with van der Waals surface area (Å²) in [4.78, 5) is 26.1. The minimum absolute atomic E-state index is 0.0258. The van der Waals surface area contributed by atoms with Gasteiger partial charge in [0.2, 0.25) is 5.91 Å². The number of amides is 1. The molecule has 6 heteroatoms. The summed E-state index contributed by atoms with van der Waals surface area (Å²) in [6.45, 7) is 3.33. The molecule has 5 rings (SSSR count). The minimum atomic E-state index is -0.0446. The summed E-state index contributed by atoms with van der Waals surface area (Å²) in [5, 5.41) is 6.19. The number of anilines is 1. The van der Waals surface area contributed by atoms with Gasteiger partial charge in [-0.15, -0.1) is 11.3 Å². The summed E-state index contributed by atoms with van der Waals surface area (Å²) >= 11 is 1.63. The van der Waals surface area contributed by atoms with Crippen LogP contribution in [0.5, 0.6) is 0 Å². The fourth-order valence-corrected chi connectivity index (χ4v) is 5.08. The molecule has 1 atom stereocenters. The molecule has 0 fully saturated rings. The van der Waals surface area contributed by atoms with Crippen LogP contribution in [0.2, 0.25) is 0 Å². The fraction of sp³-hybridized carbons (Fsp3) is 0.194. The first-order valence-electron chi connectivity index (χ1n) is 12.6. The summed E-state index contributed by atoms with van der Waals surface area (Å²) in [5.41, 5.74) is 3.26. The summed E-state index contributed by atoms with van der Waals surface area (Å²) in [5.74, 6) is 1.61. The molecule has 5 aromatic rings. The molecule has 1 amide bonds. The third-order valence-electron chi connectivity index (χ3n) is 6.42. The number of thiophene rings is 1. The number of nitrogens with one attached hydrogen (secondary N) is 1. The van der Waals surface area contributed by atoms with Crippen molar-refractivity contribution in [2.24, 2.45) is 0 Å². The lowest BCUT2D eigenvalue weighted by atomic mass is 10.1. The van der Waals surface area contributed by atoms with Gasteiger partial charge in [0.15, 0.2) is 5.82 Å². The molecule has 5 nitrogen and oxygen atoms in total. The second kappa shape index (κ2) is 11.8. The van der Waals surface area contributed by atoms with E-state index in [9.17, 15) is 4.79 Å². The molecule has 37 heavy (non-hydrogen) atoms. The average molecular weight is 507 g/mol. The van der Waals surface area contributed by atoms with Crippen LogP contribution in [0.25, 0.3) is 21.6 Å². The van der Waals surface area contributed by atoms with Crippen molar-refractivity contribution in [3.8, 4) is 10.7 Å². The van der Waals surface area contributed by atoms with Crippen LogP contribution in [0.3, 0.4) is 0 Å². The lowest BCUT2D eigenvalue weighted by Gasteiger charge is -2.26. The molecule has 2 aromatic heterocycles. The van der Waals surface area contributed by atoms with E-state index in [-0.39, 0.29) is 11.9 Å². The Bertz CT molecular complexity index is 1440. The minimum Gasteiger partial charge on any atom is -0.355 e. The zero-order valence-electron chi connectivity index (χ0n) is 20.9. The highest BCUT2D eigenvalue weighted by atomic mass is 32.1. The summed E-state index contributed by atoms with van der Waals surface area (Å²) in [6.07, 6.45) is 1.23. The van der Waals surface area contributed by atoms with Crippen molar-refractivity contribution in [2.45, 2.75) is 25.8 Å². The number of carbonyl (C=O) groups is 1. The van der Waals surface area contributed by atoms with Crippen molar-refractivity contribution in [2.75, 3.05) is 18.0 Å². The quantitative estimate of drug-likeness (QED) is 0.230. The highest BCUT2D eigenvalue weighted by Gasteiger charge is 2.18. The SMILES string of the molecule is C[C@@H](NC(=O)CCN(CCc1ccccc1)c1nc(-c2cccs2)nc2ccccc12)c1ccccc1. The molecule has 3 aromatic carbocycles. The van der Waals surface area contributed by atoms with Crippen LogP contribution in [-0.2, 0) is 11.2 Å². The van der Waals surface area contributed by atoms with Crippen molar-refractivity contribution in [1.29, 1.82) is 0 Å². The van der Waals surface area contributed by atoms with Crippen LogP contribution in [0.4, 0.5) is 5.82 Å². The van der Waals surface area contributed by atoms with E-state index in [4.69, 9.17) is 9.97 Å². The van der Waals surface area contributed by atoms with Gasteiger partial charge >= 0.3 is 0 Å². The van der Waals surface area contributed by atoms with E-state index in [1.54, 1.807) is 11.3 Å². The predicted octanol–water partition coefficient (Wildman–Crippen LogP) is 6.67. The Labute approximate surface area is 221 Å². The summed E-state index contributed by atoms with van der Waals surface area (Å²) < 4.78 is 0. The molecule has 0 unspecified atom stereocenters. The van der Waals surface area contributed by atoms with Gasteiger partial charge in [0.05, 0.1) is 16.4 Å². The fourth-order valence-electron chi connectivity index (χ4n) is 4.42. The number of benzene rings is 3. The molecule has 0 radical (unpaired) electrons. The number of carbonyl (C=O) groups excluding carboxylic acids is 1. The van der Waals surface area contributed by atoms with Gasteiger partial charge in [-0.25, -0.2) is 9.97 Å². The Morgan fingerprint density at radius 1 is 0.865 bits per heavy atom. The molecular formula is C31H30N4OS. The molecule has 1 N–H and O–H groups in total. The Morgan fingerprint density at radius 2 is 1.59 bits per heavy atom. The molecule has 2 heterocycles. The van der Waals surface area contributed by atoms with Crippen molar-refractivity contribution in [3.63, 3.8) is 0 Å². The first kappa shape index (κ1) is 24.7. The maximum atomic E-state index is 13.0. The summed E-state index contributed by atoms with van der Waals surface area (Å²) in [7, 11) is 0. The largest absolute Gasteiger partial charge is 0.355 e. The van der Waals surface area contributed by atoms with Crippen LogP contribution in [0, 0.1) is 0 Å². The van der Waals surface area contributed by atoms with Gasteiger partial charge < -0.3 is 10.2 Å². The van der Waals surface area contributed by atoms with Gasteiger partial charge in [-0.3, -0.25) is 4.79 Å². The number of para-hydroxylation sites is 1. The number of nitrogens with zero attached hydrogens (tertiary/aromatic N) is 3. The second-order valence-electron chi connectivity index (χ2n) is 9.04. The monoisotopic (exact) mass is 506 g/mol. The second-order valence-corrected chi connectivity index (χ2v) is 9.99. The third kappa shape index (κ3) is 6.22. The molecule has 0 spiro atoms. The van der Waals surface area contributed by atoms with E-state index in [1.165, 1.54) is 5.56 Å². The Hall–Kier alpha value is -4.03. The van der Waals surface area contributed by atoms with Crippen LogP contribution in [0.15, 0.2) is 102 Å². The Morgan fingerprint density at radius 3 is 2.35 bits per heavy atom. The van der Waals surface area contributed by atoms with Gasteiger partial charge in [0, 0.05) is 24.9 Å². The van der Waals surface area contributed by atoms with Gasteiger partial charge in [-0.1, -0.05) is 78.9 Å². The topological polar surface area (TPSA) is 58.1 Å². The molecular weight excluding hydrogens is 476 g/mol. The molecule has 0 aliphatic heterocycles. The highest BCUT2D eigenvalue weighted by molar-refractivity contribution is 7.13. The highest BCUT2D eigenvalue weighted by Crippen LogP contribution is 2.30. The third-order valence-corrected chi connectivity index (χ3v) is 7.29. The molecule has 0 aliphatic rings. The van der Waals surface area contributed by atoms with Crippen LogP contribution >= 0.6 is 11.3 Å². The molecule has 0 bridgehead atoms. The number of rotatable bonds is 10. The zero-order chi connectivity index (χ0) is 25.5. The molecule has 0 saturated heterocycles. The van der Waals surface area contributed by atoms with Crippen molar-refractivity contribution in [1.82, 2.24) is 15.3 Å². The number of hydrogen-bond acceptors (Lipinski definition) is 5. The van der Waals surface area contributed by atoms with Crippen LogP contribution in [-0.4, -0.2) is 29.0 Å². The van der Waals surface area contributed by atoms with Crippen LogP contribution in [0.1, 0.15) is 30.5 Å². The maximum Gasteiger partial charge on any atom is 0.222 e. The first-order valence-corrected chi connectivity index (χ1v) is 13.5. The van der Waals surface area contributed by atoms with E-state index in [0.29, 0.717) is 13.0 Å². The van der Waals surface area contributed by atoms with Crippen LogP contribution < -0.4 is 10.2 Å². The zero-order valence-corrected chi connectivity index (χ0v) is 21.7. The molecule has 0 saturated carbocycles. The molecule has 186 valence electrons. The number of aromatic nitrogens is 2. The van der Waals surface area contributed by atoms with E-state index < -0.39 is 0 Å². The average Bonchev–Trinajstić information content (AvgIpc) is 3.49. The van der Waals surface area contributed by atoms with Gasteiger partial charge in [0.1, 0.15) is 5.82 Å². The Balaban J connectivity index is 1.41. The smallest absolute Gasteiger partial charge is 0.222 e. The van der Waals surface area contributed by atoms with Crippen molar-refractivity contribution in [3.05, 3.63) is 114 Å². The summed E-state index contributed by atoms with van der Waals surface area (Å²) in [6, 6.07) is 32.6. The Kier molecular flexibility index (Phi) is 7.87. The van der Waals surface area contributed by atoms with Gasteiger partial charge in [0.25, 0.3) is 0 Å². The van der Waals surface area contributed by atoms with E-state index in [0.717, 1.165) is 46.0 Å². The van der Waals surface area contributed by atoms with Crippen molar-refractivity contribution < 1.29 is 4.79 Å². The number of fused-ring (bicyclic) bond motifs is 1.